The van der Waals surface area contributed by atoms with Crippen LogP contribution in [0.15, 0.2) is 0 Å². The molecule has 1 aliphatic carbocycles. The Bertz CT molecular complexity index is 353. The van der Waals surface area contributed by atoms with Gasteiger partial charge in [0, 0.05) is 5.92 Å². The number of carbonyl (C=O) groups excluding carboxylic acids is 2. The summed E-state index contributed by atoms with van der Waals surface area (Å²) in [4.78, 5) is 22.1. The maximum atomic E-state index is 11.6. The second-order valence-electron chi connectivity index (χ2n) is 5.34. The first-order valence-electron chi connectivity index (χ1n) is 6.57. The lowest BCUT2D eigenvalue weighted by atomic mass is 10.0. The van der Waals surface area contributed by atoms with Crippen molar-refractivity contribution in [3.05, 3.63) is 0 Å². The average Bonchev–Trinajstić information content (AvgIpc) is 2.76. The molecule has 0 aromatic carbocycles. The van der Waals surface area contributed by atoms with Crippen LogP contribution in [0.4, 0.5) is 0 Å². The first-order valence-corrected chi connectivity index (χ1v) is 6.57. The summed E-state index contributed by atoms with van der Waals surface area (Å²) in [7, 11) is 0. The molecule has 1 aliphatic heterocycles. The van der Waals surface area contributed by atoms with E-state index < -0.39 is 5.79 Å². The molecule has 6 nitrogen and oxygen atoms in total. The fourth-order valence-electron chi connectivity index (χ4n) is 2.87. The van der Waals surface area contributed by atoms with Crippen LogP contribution in [-0.2, 0) is 28.5 Å². The second-order valence-corrected chi connectivity index (χ2v) is 5.34. The zero-order valence-corrected chi connectivity index (χ0v) is 11.5. The highest BCUT2D eigenvalue weighted by atomic mass is 16.8. The van der Waals surface area contributed by atoms with Crippen LogP contribution in [0.1, 0.15) is 33.6 Å². The highest BCUT2D eigenvalue weighted by Gasteiger charge is 2.55. The molecule has 0 amide bonds. The molecule has 1 heterocycles. The Kier molecular flexibility index (Phi) is 4.10. The van der Waals surface area contributed by atoms with E-state index in [4.69, 9.17) is 18.9 Å². The van der Waals surface area contributed by atoms with Gasteiger partial charge in [0.05, 0.1) is 19.1 Å². The van der Waals surface area contributed by atoms with Gasteiger partial charge in [-0.2, -0.15) is 0 Å². The highest BCUT2D eigenvalue weighted by molar-refractivity contribution is 5.69. The number of fused-ring (bicyclic) bond motifs is 1. The van der Waals surface area contributed by atoms with E-state index in [0.29, 0.717) is 19.5 Å². The Morgan fingerprint density at radius 2 is 2.05 bits per heavy atom. The SMILES string of the molecule is CCOC(=O)C[C@H]1C[C@@H](OC=O)[C@H]2OC(C)(C)O[C@@H]12. The minimum absolute atomic E-state index is 0.0456. The zero-order valence-electron chi connectivity index (χ0n) is 11.5. The smallest absolute Gasteiger partial charge is 0.306 e. The maximum absolute atomic E-state index is 11.6. The number of ether oxygens (including phenoxy) is 4. The summed E-state index contributed by atoms with van der Waals surface area (Å²) >= 11 is 0. The molecule has 1 saturated carbocycles. The van der Waals surface area contributed by atoms with Crippen molar-refractivity contribution in [2.45, 2.75) is 57.7 Å². The Morgan fingerprint density at radius 3 is 2.68 bits per heavy atom. The number of rotatable bonds is 5. The van der Waals surface area contributed by atoms with Crippen molar-refractivity contribution in [2.24, 2.45) is 5.92 Å². The molecule has 0 aromatic rings. The fourth-order valence-corrected chi connectivity index (χ4v) is 2.87. The molecular formula is C13H20O6. The molecule has 2 fully saturated rings. The minimum Gasteiger partial charge on any atom is -0.466 e. The van der Waals surface area contributed by atoms with Crippen LogP contribution in [0.25, 0.3) is 0 Å². The van der Waals surface area contributed by atoms with Gasteiger partial charge in [0.25, 0.3) is 6.47 Å². The van der Waals surface area contributed by atoms with E-state index in [-0.39, 0.29) is 36.6 Å². The lowest BCUT2D eigenvalue weighted by Gasteiger charge is -2.22. The van der Waals surface area contributed by atoms with Crippen molar-refractivity contribution in [3.8, 4) is 0 Å². The predicted octanol–water partition coefficient (Wildman–Crippen LogP) is 1.02. The monoisotopic (exact) mass is 272 g/mol. The zero-order chi connectivity index (χ0) is 14.0. The van der Waals surface area contributed by atoms with Crippen molar-refractivity contribution in [1.82, 2.24) is 0 Å². The van der Waals surface area contributed by atoms with Gasteiger partial charge < -0.3 is 18.9 Å². The fraction of sp³-hybridized carbons (Fsp3) is 0.846. The standard InChI is InChI=1S/C13H20O6/c1-4-16-10(15)6-8-5-9(17-7-14)12-11(8)18-13(2,3)19-12/h7-9,11-12H,4-6H2,1-3H3/t8-,9-,11+,12-/m1/s1. The molecule has 0 radical (unpaired) electrons. The van der Waals surface area contributed by atoms with Crippen LogP contribution < -0.4 is 0 Å². The Balaban J connectivity index is 2.04. The van der Waals surface area contributed by atoms with Gasteiger partial charge in [0.2, 0.25) is 0 Å². The first-order chi connectivity index (χ1) is 8.96. The average molecular weight is 272 g/mol. The van der Waals surface area contributed by atoms with Gasteiger partial charge in [-0.25, -0.2) is 0 Å². The molecule has 108 valence electrons. The lowest BCUT2D eigenvalue weighted by Crippen LogP contribution is -2.30. The van der Waals surface area contributed by atoms with Crippen molar-refractivity contribution in [1.29, 1.82) is 0 Å². The molecule has 0 bridgehead atoms. The molecular weight excluding hydrogens is 252 g/mol. The molecule has 2 rings (SSSR count). The van der Waals surface area contributed by atoms with Gasteiger partial charge in [0.1, 0.15) is 12.2 Å². The number of carbonyl (C=O) groups is 2. The van der Waals surface area contributed by atoms with E-state index in [1.165, 1.54) is 0 Å². The third-order valence-electron chi connectivity index (χ3n) is 3.49. The van der Waals surface area contributed by atoms with Gasteiger partial charge >= 0.3 is 5.97 Å². The van der Waals surface area contributed by atoms with Crippen LogP contribution in [-0.4, -0.2) is 43.1 Å². The molecule has 0 aromatic heterocycles. The van der Waals surface area contributed by atoms with Crippen LogP contribution in [0.5, 0.6) is 0 Å². The van der Waals surface area contributed by atoms with E-state index in [0.717, 1.165) is 0 Å². The summed E-state index contributed by atoms with van der Waals surface area (Å²) in [5.74, 6) is -1.02. The summed E-state index contributed by atoms with van der Waals surface area (Å²) in [6.07, 6.45) is -0.0801. The highest BCUT2D eigenvalue weighted by Crippen LogP contribution is 2.43. The lowest BCUT2D eigenvalue weighted by molar-refractivity contribution is -0.174. The van der Waals surface area contributed by atoms with Gasteiger partial charge in [0.15, 0.2) is 5.79 Å². The molecule has 4 atom stereocenters. The van der Waals surface area contributed by atoms with Gasteiger partial charge in [-0.3, -0.25) is 9.59 Å². The predicted molar refractivity (Wildman–Crippen MR) is 64.1 cm³/mol. The number of hydrogen-bond acceptors (Lipinski definition) is 6. The van der Waals surface area contributed by atoms with E-state index in [1.807, 2.05) is 13.8 Å². The van der Waals surface area contributed by atoms with Crippen LogP contribution >= 0.6 is 0 Å². The molecule has 19 heavy (non-hydrogen) atoms. The Morgan fingerprint density at radius 1 is 1.37 bits per heavy atom. The number of hydrogen-bond donors (Lipinski definition) is 0. The molecule has 2 aliphatic rings. The van der Waals surface area contributed by atoms with Crippen LogP contribution in [0, 0.1) is 5.92 Å². The quantitative estimate of drug-likeness (QED) is 0.549. The van der Waals surface area contributed by atoms with Gasteiger partial charge in [-0.15, -0.1) is 0 Å². The maximum Gasteiger partial charge on any atom is 0.306 e. The number of esters is 1. The molecule has 0 unspecified atom stereocenters. The van der Waals surface area contributed by atoms with Gasteiger partial charge in [-0.05, 0) is 27.2 Å². The normalized spacial score (nSPS) is 35.7. The largest absolute Gasteiger partial charge is 0.466 e. The third kappa shape index (κ3) is 3.06. The minimum atomic E-state index is -0.715. The summed E-state index contributed by atoms with van der Waals surface area (Å²) in [5.41, 5.74) is 0. The van der Waals surface area contributed by atoms with Crippen LogP contribution in [0.3, 0.4) is 0 Å². The summed E-state index contributed by atoms with van der Waals surface area (Å²) in [6.45, 7) is 6.17. The summed E-state index contributed by atoms with van der Waals surface area (Å²) in [6, 6.07) is 0. The Labute approximate surface area is 112 Å². The third-order valence-corrected chi connectivity index (χ3v) is 3.49. The summed E-state index contributed by atoms with van der Waals surface area (Å²) in [5, 5.41) is 0. The van der Waals surface area contributed by atoms with E-state index in [1.54, 1.807) is 6.92 Å². The van der Waals surface area contributed by atoms with Gasteiger partial charge in [-0.1, -0.05) is 0 Å². The Hall–Kier alpha value is -1.14. The molecule has 0 spiro atoms. The van der Waals surface area contributed by atoms with Crippen molar-refractivity contribution in [2.75, 3.05) is 6.61 Å². The first kappa shape index (κ1) is 14.3. The van der Waals surface area contributed by atoms with Crippen molar-refractivity contribution in [3.63, 3.8) is 0 Å². The van der Waals surface area contributed by atoms with Crippen molar-refractivity contribution < 1.29 is 28.5 Å². The van der Waals surface area contributed by atoms with Crippen molar-refractivity contribution >= 4 is 12.4 Å². The molecule has 1 saturated heterocycles. The molecule has 6 heteroatoms. The topological polar surface area (TPSA) is 71.1 Å². The van der Waals surface area contributed by atoms with E-state index >= 15 is 0 Å². The summed E-state index contributed by atoms with van der Waals surface area (Å²) < 4.78 is 21.6. The van der Waals surface area contributed by atoms with E-state index in [9.17, 15) is 9.59 Å². The van der Waals surface area contributed by atoms with E-state index in [2.05, 4.69) is 0 Å². The molecule has 0 N–H and O–H groups in total. The second kappa shape index (κ2) is 5.46. The van der Waals surface area contributed by atoms with Crippen LogP contribution in [0.2, 0.25) is 0 Å².